The van der Waals surface area contributed by atoms with Gasteiger partial charge in [-0.05, 0) is 71.1 Å². The van der Waals surface area contributed by atoms with E-state index in [4.69, 9.17) is 47.4 Å². The molecule has 0 aliphatic carbocycles. The van der Waals surface area contributed by atoms with Crippen LogP contribution in [0.5, 0.6) is 17.2 Å². The van der Waals surface area contributed by atoms with Crippen LogP contribution in [0.3, 0.4) is 0 Å². The minimum atomic E-state index is -0.855. The second-order valence-electron chi connectivity index (χ2n) is 15.7. The molecular weight excluding hydrogens is 773 g/mol. The van der Waals surface area contributed by atoms with Crippen LogP contribution < -0.4 is 14.2 Å². The summed E-state index contributed by atoms with van der Waals surface area (Å²) in [5, 5.41) is 0. The number of hydrogen-bond donors (Lipinski definition) is 0. The zero-order valence-electron chi connectivity index (χ0n) is 35.6. The van der Waals surface area contributed by atoms with Crippen molar-refractivity contribution in [1.82, 2.24) is 0 Å². The summed E-state index contributed by atoms with van der Waals surface area (Å²) in [6.45, 7) is 8.59. The van der Waals surface area contributed by atoms with Gasteiger partial charge in [0.15, 0.2) is 6.10 Å². The summed E-state index contributed by atoms with van der Waals surface area (Å²) in [5.74, 6) is 2.88. The van der Waals surface area contributed by atoms with Gasteiger partial charge in [-0.1, -0.05) is 104 Å². The van der Waals surface area contributed by atoms with Crippen LogP contribution in [0, 0.1) is 0 Å². The van der Waals surface area contributed by atoms with Gasteiger partial charge in [0, 0.05) is 12.8 Å². The fourth-order valence-electron chi connectivity index (χ4n) is 7.87. The van der Waals surface area contributed by atoms with Crippen molar-refractivity contribution in [3.8, 4) is 17.2 Å². The van der Waals surface area contributed by atoms with E-state index in [1.54, 1.807) is 21.3 Å². The van der Waals surface area contributed by atoms with E-state index < -0.39 is 36.1 Å². The zero-order chi connectivity index (χ0) is 42.4. The Balaban J connectivity index is 1.17. The van der Waals surface area contributed by atoms with Gasteiger partial charge in [-0.15, -0.1) is 0 Å². The molecule has 2 aliphatic rings. The largest absolute Gasteiger partial charge is 0.497 e. The molecule has 2 heterocycles. The lowest BCUT2D eigenvalue weighted by molar-refractivity contribution is -0.313. The first-order chi connectivity index (χ1) is 29.8. The molecular formula is C51H58O10. The molecule has 7 atom stereocenters. The van der Waals surface area contributed by atoms with Crippen molar-refractivity contribution in [1.29, 1.82) is 0 Å². The van der Waals surface area contributed by atoms with Crippen LogP contribution in [-0.4, -0.2) is 70.2 Å². The van der Waals surface area contributed by atoms with Crippen molar-refractivity contribution < 1.29 is 47.4 Å². The van der Waals surface area contributed by atoms with Crippen LogP contribution >= 0.6 is 0 Å². The lowest BCUT2D eigenvalue weighted by atomic mass is 9.78. The van der Waals surface area contributed by atoms with Crippen molar-refractivity contribution in [2.45, 2.75) is 95.0 Å². The van der Waals surface area contributed by atoms with E-state index in [1.165, 1.54) is 0 Å². The van der Waals surface area contributed by atoms with Gasteiger partial charge in [0.25, 0.3) is 0 Å². The predicted molar refractivity (Wildman–Crippen MR) is 232 cm³/mol. The highest BCUT2D eigenvalue weighted by Gasteiger charge is 2.58. The van der Waals surface area contributed by atoms with Gasteiger partial charge < -0.3 is 47.4 Å². The van der Waals surface area contributed by atoms with Crippen LogP contribution in [-0.2, 0) is 66.2 Å². The molecule has 7 rings (SSSR count). The molecule has 10 nitrogen and oxygen atoms in total. The molecule has 0 spiro atoms. The van der Waals surface area contributed by atoms with Gasteiger partial charge in [-0.2, -0.15) is 0 Å². The van der Waals surface area contributed by atoms with E-state index >= 15 is 0 Å². The lowest BCUT2D eigenvalue weighted by Gasteiger charge is -2.55. The minimum absolute atomic E-state index is 0.307. The number of benzene rings is 5. The van der Waals surface area contributed by atoms with Crippen molar-refractivity contribution in [3.05, 3.63) is 174 Å². The molecule has 2 saturated heterocycles. The van der Waals surface area contributed by atoms with E-state index in [0.717, 1.165) is 45.1 Å². The number of fused-ring (bicyclic) bond motifs is 1. The Morgan fingerprint density at radius 2 is 1.03 bits per heavy atom. The smallest absolute Gasteiger partial charge is 0.156 e. The number of ether oxygens (including phenoxy) is 10. The second-order valence-corrected chi connectivity index (χ2v) is 15.7. The predicted octanol–water partition coefficient (Wildman–Crippen LogP) is 9.42. The molecule has 10 heteroatoms. The molecule has 0 N–H and O–H groups in total. The molecule has 0 saturated carbocycles. The van der Waals surface area contributed by atoms with Gasteiger partial charge in [0.1, 0.15) is 46.9 Å². The first-order valence-corrected chi connectivity index (χ1v) is 20.9. The quantitative estimate of drug-likeness (QED) is 0.0713. The fourth-order valence-corrected chi connectivity index (χ4v) is 7.87. The Morgan fingerprint density at radius 1 is 0.574 bits per heavy atom. The summed E-state index contributed by atoms with van der Waals surface area (Å²) in [6.07, 6.45) is -2.05. The van der Waals surface area contributed by atoms with Crippen molar-refractivity contribution >= 4 is 0 Å². The summed E-state index contributed by atoms with van der Waals surface area (Å²) in [5.41, 5.74) is 4.26. The summed E-state index contributed by atoms with van der Waals surface area (Å²) >= 11 is 0. The normalized spacial score (nSPS) is 22.8. The molecule has 2 fully saturated rings. The highest BCUT2D eigenvalue weighted by molar-refractivity contribution is 5.29. The van der Waals surface area contributed by atoms with E-state index in [-0.39, 0.29) is 6.10 Å². The lowest BCUT2D eigenvalue weighted by Crippen LogP contribution is -2.68. The van der Waals surface area contributed by atoms with E-state index in [0.29, 0.717) is 58.2 Å². The summed E-state index contributed by atoms with van der Waals surface area (Å²) < 4.78 is 63.7. The summed E-state index contributed by atoms with van der Waals surface area (Å²) in [4.78, 5) is 0. The third kappa shape index (κ3) is 12.0. The van der Waals surface area contributed by atoms with Crippen LogP contribution in [0.1, 0.15) is 47.6 Å². The van der Waals surface area contributed by atoms with Crippen LogP contribution in [0.25, 0.3) is 0 Å². The van der Waals surface area contributed by atoms with Crippen molar-refractivity contribution in [3.63, 3.8) is 0 Å². The number of methoxy groups -OCH3 is 3. The Morgan fingerprint density at radius 3 is 1.56 bits per heavy atom. The fraction of sp³-hybridized carbons (Fsp3) is 0.373. The minimum Gasteiger partial charge on any atom is -0.497 e. The maximum atomic E-state index is 7.29. The van der Waals surface area contributed by atoms with Gasteiger partial charge in [-0.25, -0.2) is 0 Å². The first kappa shape index (κ1) is 43.9. The maximum absolute atomic E-state index is 7.29. The standard InChI is InChI=1S/C51H58O10/c1-36-47(57-32-40-18-24-43(53-4)25-19-40)29-51(2)50(60-36)49(59-33-38-14-10-7-11-15-38)48(58-34-41-20-26-44(54-5)27-21-41)46(61-51)28-45(56-31-37-12-8-6-9-13-37)35-55-30-39-16-22-42(52-3)23-17-39/h6-27,45-50H,1,28-35H2,2-5H3/t45-,46+,47+,48+,49-,50+,51-/m0/s1. The average molecular weight is 831 g/mol. The van der Waals surface area contributed by atoms with E-state index in [9.17, 15) is 0 Å². The summed E-state index contributed by atoms with van der Waals surface area (Å²) in [6, 6.07) is 43.9. The zero-order valence-corrected chi connectivity index (χ0v) is 35.6. The van der Waals surface area contributed by atoms with E-state index in [2.05, 4.69) is 37.8 Å². The molecule has 0 amide bonds. The monoisotopic (exact) mass is 830 g/mol. The van der Waals surface area contributed by atoms with E-state index in [1.807, 2.05) is 109 Å². The molecule has 5 aromatic rings. The third-order valence-corrected chi connectivity index (χ3v) is 11.3. The maximum Gasteiger partial charge on any atom is 0.156 e. The van der Waals surface area contributed by atoms with Crippen LogP contribution in [0.2, 0.25) is 0 Å². The first-order valence-electron chi connectivity index (χ1n) is 20.9. The Labute approximate surface area is 360 Å². The molecule has 0 unspecified atom stereocenters. The van der Waals surface area contributed by atoms with Crippen LogP contribution in [0.15, 0.2) is 146 Å². The van der Waals surface area contributed by atoms with Gasteiger partial charge in [-0.3, -0.25) is 0 Å². The summed E-state index contributed by atoms with van der Waals surface area (Å²) in [7, 11) is 4.97. The van der Waals surface area contributed by atoms with Crippen LogP contribution in [0.4, 0.5) is 0 Å². The Kier molecular flexibility index (Phi) is 15.5. The van der Waals surface area contributed by atoms with Gasteiger partial charge in [0.05, 0.1) is 73.2 Å². The van der Waals surface area contributed by atoms with Crippen molar-refractivity contribution in [2.75, 3.05) is 27.9 Å². The van der Waals surface area contributed by atoms with Gasteiger partial charge in [0.2, 0.25) is 0 Å². The highest BCUT2D eigenvalue weighted by Crippen LogP contribution is 2.45. The molecule has 322 valence electrons. The second kappa shape index (κ2) is 21.5. The number of rotatable bonds is 21. The number of hydrogen-bond acceptors (Lipinski definition) is 10. The molecule has 0 aromatic heterocycles. The Hall–Kier alpha value is -5.20. The third-order valence-electron chi connectivity index (χ3n) is 11.3. The SMILES string of the molecule is C=C1O[C@@H]2[C@@H](OCc3ccccc3)[C@H](OCc3ccc(OC)cc3)[C@@H](C[C@@H](COCc3ccc(OC)cc3)OCc3ccccc3)O[C@@]2(C)C[C@H]1OCc1ccc(OC)cc1. The topological polar surface area (TPSA) is 92.3 Å². The molecule has 0 bridgehead atoms. The molecule has 61 heavy (non-hydrogen) atoms. The van der Waals surface area contributed by atoms with Gasteiger partial charge >= 0.3 is 0 Å². The highest BCUT2D eigenvalue weighted by atomic mass is 16.6. The molecule has 0 radical (unpaired) electrons. The molecule has 5 aromatic carbocycles. The van der Waals surface area contributed by atoms with Crippen molar-refractivity contribution in [2.24, 2.45) is 0 Å². The Bertz CT molecular complexity index is 2060. The molecule has 2 aliphatic heterocycles. The average Bonchev–Trinajstić information content (AvgIpc) is 3.30.